The predicted octanol–water partition coefficient (Wildman–Crippen LogP) is 2.54. The second-order valence-corrected chi connectivity index (χ2v) is 6.80. The van der Waals surface area contributed by atoms with Gasteiger partial charge >= 0.3 is 0 Å². The summed E-state index contributed by atoms with van der Waals surface area (Å²) in [6, 6.07) is 5.11. The molecule has 20 heavy (non-hydrogen) atoms. The van der Waals surface area contributed by atoms with E-state index in [1.54, 1.807) is 39.0 Å². The number of rotatable bonds is 4. The lowest BCUT2D eigenvalue weighted by molar-refractivity contribution is -0.139. The molecule has 0 aromatic heterocycles. The highest BCUT2D eigenvalue weighted by atomic mass is 32.2. The molecular weight excluding hydrogens is 280 g/mol. The maximum absolute atomic E-state index is 12.2. The van der Waals surface area contributed by atoms with Crippen LogP contribution in [0, 0.1) is 6.92 Å². The molecular formula is C14H20O5S. The van der Waals surface area contributed by atoms with Crippen molar-refractivity contribution in [1.29, 1.82) is 0 Å². The third-order valence-corrected chi connectivity index (χ3v) is 4.52. The molecule has 0 radical (unpaired) electrons. The molecule has 1 aliphatic rings. The largest absolute Gasteiger partial charge is 0.347 e. The van der Waals surface area contributed by atoms with Crippen molar-refractivity contribution < 1.29 is 22.1 Å². The van der Waals surface area contributed by atoms with Gasteiger partial charge in [-0.3, -0.25) is 4.18 Å². The first-order valence-electron chi connectivity index (χ1n) is 6.57. The lowest BCUT2D eigenvalue weighted by atomic mass is 10.1. The van der Waals surface area contributed by atoms with Crippen LogP contribution >= 0.6 is 0 Å². The third kappa shape index (κ3) is 3.20. The summed E-state index contributed by atoms with van der Waals surface area (Å²) in [6.45, 7) is 7.58. The van der Waals surface area contributed by atoms with Crippen molar-refractivity contribution in [2.45, 2.75) is 44.5 Å². The fourth-order valence-corrected chi connectivity index (χ4v) is 3.36. The van der Waals surface area contributed by atoms with Gasteiger partial charge < -0.3 is 9.47 Å². The first-order chi connectivity index (χ1) is 9.25. The van der Waals surface area contributed by atoms with Gasteiger partial charge in [-0.25, -0.2) is 0 Å². The smallest absolute Gasteiger partial charge is 0.297 e. The minimum atomic E-state index is -3.77. The van der Waals surface area contributed by atoms with Crippen molar-refractivity contribution >= 4 is 10.1 Å². The molecule has 1 aromatic carbocycles. The van der Waals surface area contributed by atoms with E-state index in [9.17, 15) is 8.42 Å². The molecule has 2 rings (SSSR count). The first kappa shape index (κ1) is 15.4. The molecule has 1 aliphatic heterocycles. The van der Waals surface area contributed by atoms with Crippen LogP contribution in [-0.2, 0) is 23.8 Å². The molecule has 1 unspecified atom stereocenters. The van der Waals surface area contributed by atoms with E-state index in [1.165, 1.54) is 0 Å². The van der Waals surface area contributed by atoms with E-state index in [0.717, 1.165) is 5.56 Å². The maximum atomic E-state index is 12.2. The van der Waals surface area contributed by atoms with Crippen LogP contribution in [0.2, 0.25) is 0 Å². The molecule has 112 valence electrons. The number of hydrogen-bond donors (Lipinski definition) is 0. The van der Waals surface area contributed by atoms with Crippen LogP contribution in [0.1, 0.15) is 38.0 Å². The van der Waals surface area contributed by atoms with Crippen molar-refractivity contribution in [3.63, 3.8) is 0 Å². The van der Waals surface area contributed by atoms with Crippen LogP contribution in [0.3, 0.4) is 0 Å². The monoisotopic (exact) mass is 300 g/mol. The zero-order valence-electron chi connectivity index (χ0n) is 12.2. The molecule has 0 N–H and O–H groups in total. The molecule has 0 aliphatic carbocycles. The van der Waals surface area contributed by atoms with Crippen molar-refractivity contribution in [1.82, 2.24) is 0 Å². The Hall–Kier alpha value is -0.950. The van der Waals surface area contributed by atoms with Gasteiger partial charge in [0.15, 0.2) is 5.79 Å². The van der Waals surface area contributed by atoms with Crippen LogP contribution in [0.15, 0.2) is 23.1 Å². The zero-order chi connectivity index (χ0) is 15.0. The van der Waals surface area contributed by atoms with Gasteiger partial charge in [0.25, 0.3) is 10.1 Å². The second kappa shape index (κ2) is 5.44. The molecule has 0 amide bonds. The van der Waals surface area contributed by atoms with Gasteiger partial charge in [-0.2, -0.15) is 8.42 Å². The fourth-order valence-electron chi connectivity index (χ4n) is 2.21. The number of benzene rings is 1. The first-order valence-corrected chi connectivity index (χ1v) is 7.98. The highest BCUT2D eigenvalue weighted by Crippen LogP contribution is 2.36. The molecule has 0 spiro atoms. The Bertz CT molecular complexity index is 592. The molecule has 0 saturated carbocycles. The van der Waals surface area contributed by atoms with Crippen LogP contribution in [0.4, 0.5) is 0 Å². The second-order valence-electron chi connectivity index (χ2n) is 5.22. The Kier molecular flexibility index (Phi) is 4.20. The Morgan fingerprint density at radius 2 is 2.10 bits per heavy atom. The van der Waals surface area contributed by atoms with E-state index in [4.69, 9.17) is 13.7 Å². The quantitative estimate of drug-likeness (QED) is 0.800. The third-order valence-electron chi connectivity index (χ3n) is 3.06. The molecule has 6 heteroatoms. The van der Waals surface area contributed by atoms with Gasteiger partial charge in [-0.05, 0) is 33.8 Å². The molecule has 1 saturated heterocycles. The van der Waals surface area contributed by atoms with Gasteiger partial charge in [-0.15, -0.1) is 0 Å². The highest BCUT2D eigenvalue weighted by molar-refractivity contribution is 7.86. The lowest BCUT2D eigenvalue weighted by Gasteiger charge is -2.19. The van der Waals surface area contributed by atoms with Gasteiger partial charge in [0.1, 0.15) is 6.10 Å². The number of hydrogen-bond acceptors (Lipinski definition) is 5. The van der Waals surface area contributed by atoms with E-state index in [-0.39, 0.29) is 11.5 Å². The van der Waals surface area contributed by atoms with Crippen LogP contribution < -0.4 is 0 Å². The van der Waals surface area contributed by atoms with Crippen LogP contribution in [-0.4, -0.2) is 27.4 Å². The normalized spacial score (nSPS) is 22.1. The summed E-state index contributed by atoms with van der Waals surface area (Å²) >= 11 is 0. The summed E-state index contributed by atoms with van der Waals surface area (Å²) in [4.78, 5) is 0.149. The Labute approximate surface area is 120 Å². The number of aryl methyl sites for hydroxylation is 1. The molecule has 1 fully saturated rings. The van der Waals surface area contributed by atoms with E-state index >= 15 is 0 Å². The summed E-state index contributed by atoms with van der Waals surface area (Å²) in [6.07, 6.45) is -0.407. The fraction of sp³-hybridized carbons (Fsp3) is 0.571. The highest BCUT2D eigenvalue weighted by Gasteiger charge is 2.36. The van der Waals surface area contributed by atoms with Crippen molar-refractivity contribution in [3.8, 4) is 0 Å². The Morgan fingerprint density at radius 1 is 1.40 bits per heavy atom. The van der Waals surface area contributed by atoms with E-state index < -0.39 is 22.0 Å². The van der Waals surface area contributed by atoms with Gasteiger partial charge in [0.2, 0.25) is 0 Å². The van der Waals surface area contributed by atoms with Crippen molar-refractivity contribution in [3.05, 3.63) is 29.3 Å². The number of ether oxygens (including phenoxy) is 2. The van der Waals surface area contributed by atoms with Gasteiger partial charge in [0, 0.05) is 5.56 Å². The van der Waals surface area contributed by atoms with Gasteiger partial charge in [-0.1, -0.05) is 17.7 Å². The SMILES string of the molecule is CCOS(=O)(=O)c1ccc(C)cc1C1COC(C)(C)O1. The lowest BCUT2D eigenvalue weighted by Crippen LogP contribution is -2.20. The molecule has 5 nitrogen and oxygen atoms in total. The van der Waals surface area contributed by atoms with Gasteiger partial charge in [0.05, 0.1) is 18.1 Å². The molecule has 1 heterocycles. The minimum absolute atomic E-state index is 0.100. The van der Waals surface area contributed by atoms with E-state index in [0.29, 0.717) is 12.2 Å². The van der Waals surface area contributed by atoms with Crippen molar-refractivity contribution in [2.75, 3.05) is 13.2 Å². The summed E-state index contributed by atoms with van der Waals surface area (Å²) in [5.41, 5.74) is 1.55. The summed E-state index contributed by atoms with van der Waals surface area (Å²) in [5.74, 6) is -0.707. The summed E-state index contributed by atoms with van der Waals surface area (Å²) < 4.78 is 40.5. The molecule has 1 aromatic rings. The molecule has 1 atom stereocenters. The summed E-state index contributed by atoms with van der Waals surface area (Å²) in [7, 11) is -3.77. The van der Waals surface area contributed by atoms with Crippen molar-refractivity contribution in [2.24, 2.45) is 0 Å². The predicted molar refractivity (Wildman–Crippen MR) is 73.8 cm³/mol. The molecule has 0 bridgehead atoms. The minimum Gasteiger partial charge on any atom is -0.347 e. The average Bonchev–Trinajstić information content (AvgIpc) is 2.69. The standard InChI is InChI=1S/C14H20O5S/c1-5-18-20(15,16)13-7-6-10(2)8-11(13)12-9-17-14(3,4)19-12/h6-8,12H,5,9H2,1-4H3. The average molecular weight is 300 g/mol. The van der Waals surface area contributed by atoms with E-state index in [2.05, 4.69) is 0 Å². The topological polar surface area (TPSA) is 61.8 Å². The van der Waals surface area contributed by atoms with E-state index in [1.807, 2.05) is 6.92 Å². The Balaban J connectivity index is 2.45. The zero-order valence-corrected chi connectivity index (χ0v) is 13.0. The Morgan fingerprint density at radius 3 is 2.65 bits per heavy atom. The van der Waals surface area contributed by atoms with Crippen LogP contribution in [0.25, 0.3) is 0 Å². The van der Waals surface area contributed by atoms with Crippen LogP contribution in [0.5, 0.6) is 0 Å². The summed E-state index contributed by atoms with van der Waals surface area (Å²) in [5, 5.41) is 0. The maximum Gasteiger partial charge on any atom is 0.297 e.